The fourth-order valence-corrected chi connectivity index (χ4v) is 2.83. The highest BCUT2D eigenvalue weighted by atomic mass is 16.5. The summed E-state index contributed by atoms with van der Waals surface area (Å²) in [6.45, 7) is 1.50. The molecule has 1 heterocycles. The van der Waals surface area contributed by atoms with Gasteiger partial charge in [-0.1, -0.05) is 24.3 Å². The number of nitrogens with one attached hydrogen (secondary N) is 3. The monoisotopic (exact) mass is 339 g/mol. The van der Waals surface area contributed by atoms with E-state index in [1.165, 1.54) is 6.92 Å². The summed E-state index contributed by atoms with van der Waals surface area (Å²) in [6.07, 6.45) is 0.630. The maximum atomic E-state index is 12.5. The number of Topliss-reactive ketones (excluding diaryl/α,β-unsaturated/α-hetero) is 1. The molecule has 6 heteroatoms. The number of hydrogen-bond donors (Lipinski definition) is 3. The minimum absolute atomic E-state index is 0.0312. The molecule has 2 atom stereocenters. The van der Waals surface area contributed by atoms with Crippen LogP contribution in [-0.4, -0.2) is 24.8 Å². The zero-order valence-corrected chi connectivity index (χ0v) is 14.2. The summed E-state index contributed by atoms with van der Waals surface area (Å²) < 4.78 is 5.16. The minimum Gasteiger partial charge on any atom is -0.497 e. The first kappa shape index (κ1) is 17.1. The summed E-state index contributed by atoms with van der Waals surface area (Å²) in [5.41, 5.74) is 8.46. The number of anilines is 1. The van der Waals surface area contributed by atoms with Gasteiger partial charge in [0.1, 0.15) is 11.8 Å². The zero-order valence-electron chi connectivity index (χ0n) is 14.2. The summed E-state index contributed by atoms with van der Waals surface area (Å²) >= 11 is 0. The molecule has 25 heavy (non-hydrogen) atoms. The van der Waals surface area contributed by atoms with Crippen molar-refractivity contribution < 1.29 is 14.3 Å². The van der Waals surface area contributed by atoms with E-state index < -0.39 is 0 Å². The van der Waals surface area contributed by atoms with Crippen LogP contribution in [-0.2, 0) is 4.79 Å². The van der Waals surface area contributed by atoms with Crippen molar-refractivity contribution in [2.75, 3.05) is 12.4 Å². The highest BCUT2D eigenvalue weighted by Crippen LogP contribution is 2.25. The van der Waals surface area contributed by atoms with E-state index in [2.05, 4.69) is 16.2 Å². The van der Waals surface area contributed by atoms with Crippen molar-refractivity contribution >= 4 is 17.4 Å². The fraction of sp³-hybridized carbons (Fsp3) is 0.263. The normalized spacial score (nSPS) is 19.4. The summed E-state index contributed by atoms with van der Waals surface area (Å²) in [6, 6.07) is 14.4. The Balaban J connectivity index is 1.62. The Kier molecular flexibility index (Phi) is 5.11. The number of benzene rings is 2. The Morgan fingerprint density at radius 3 is 2.56 bits per heavy atom. The molecule has 0 radical (unpaired) electrons. The number of ether oxygens (including phenoxy) is 1. The van der Waals surface area contributed by atoms with Crippen molar-refractivity contribution in [2.45, 2.75) is 25.4 Å². The lowest BCUT2D eigenvalue weighted by molar-refractivity contribution is -0.117. The minimum atomic E-state index is -0.354. The molecule has 3 N–H and O–H groups in total. The van der Waals surface area contributed by atoms with Gasteiger partial charge in [-0.3, -0.25) is 9.59 Å². The maximum absolute atomic E-state index is 12.5. The third-order valence-electron chi connectivity index (χ3n) is 4.27. The highest BCUT2D eigenvalue weighted by Gasteiger charge is 2.30. The number of hydrazine groups is 1. The molecular weight excluding hydrogens is 318 g/mol. The van der Waals surface area contributed by atoms with Crippen LogP contribution in [0.3, 0.4) is 0 Å². The number of amides is 1. The number of methoxy groups -OCH3 is 1. The Hall–Kier alpha value is -2.70. The predicted octanol–water partition coefficient (Wildman–Crippen LogP) is 2.44. The summed E-state index contributed by atoms with van der Waals surface area (Å²) in [4.78, 5) is 23.9. The maximum Gasteiger partial charge on any atom is 0.242 e. The number of carbonyl (C=O) groups excluding carboxylic acids is 2. The van der Waals surface area contributed by atoms with Crippen LogP contribution >= 0.6 is 0 Å². The van der Waals surface area contributed by atoms with Crippen molar-refractivity contribution in [3.63, 3.8) is 0 Å². The summed E-state index contributed by atoms with van der Waals surface area (Å²) in [5.74, 6) is 0.634. The van der Waals surface area contributed by atoms with Crippen LogP contribution in [0.15, 0.2) is 48.5 Å². The van der Waals surface area contributed by atoms with Gasteiger partial charge in [0, 0.05) is 17.3 Å². The van der Waals surface area contributed by atoms with Gasteiger partial charge in [-0.2, -0.15) is 0 Å². The molecule has 1 aliphatic heterocycles. The van der Waals surface area contributed by atoms with Gasteiger partial charge in [0.25, 0.3) is 0 Å². The van der Waals surface area contributed by atoms with Crippen LogP contribution in [0, 0.1) is 0 Å². The van der Waals surface area contributed by atoms with Crippen LogP contribution in [0.1, 0.15) is 35.3 Å². The Labute approximate surface area is 146 Å². The average Bonchev–Trinajstić information content (AvgIpc) is 3.12. The molecular formula is C19H21N3O3. The molecule has 0 aliphatic carbocycles. The lowest BCUT2D eigenvalue weighted by Gasteiger charge is -2.11. The molecule has 2 unspecified atom stereocenters. The van der Waals surface area contributed by atoms with Crippen molar-refractivity contribution in [2.24, 2.45) is 0 Å². The third kappa shape index (κ3) is 4.04. The topological polar surface area (TPSA) is 79.5 Å². The lowest BCUT2D eigenvalue weighted by Crippen LogP contribution is -2.39. The molecule has 3 rings (SSSR count). The van der Waals surface area contributed by atoms with Crippen molar-refractivity contribution in [1.29, 1.82) is 0 Å². The molecule has 2 aromatic carbocycles. The van der Waals surface area contributed by atoms with Gasteiger partial charge in [0.05, 0.1) is 7.11 Å². The van der Waals surface area contributed by atoms with Crippen LogP contribution in [0.2, 0.25) is 0 Å². The number of rotatable bonds is 5. The van der Waals surface area contributed by atoms with Gasteiger partial charge in [-0.05, 0) is 43.2 Å². The molecule has 6 nitrogen and oxygen atoms in total. The first-order valence-corrected chi connectivity index (χ1v) is 8.13. The smallest absolute Gasteiger partial charge is 0.242 e. The van der Waals surface area contributed by atoms with E-state index in [1.54, 1.807) is 31.4 Å². The van der Waals surface area contributed by atoms with E-state index in [-0.39, 0.29) is 23.8 Å². The van der Waals surface area contributed by atoms with E-state index in [1.807, 2.05) is 24.3 Å². The SMILES string of the molecule is COc1ccc(C2CC(C(=O)Nc3cccc(C(C)=O)c3)NN2)cc1. The van der Waals surface area contributed by atoms with Crippen LogP contribution < -0.4 is 20.9 Å². The molecule has 0 bridgehead atoms. The fourth-order valence-electron chi connectivity index (χ4n) is 2.83. The Morgan fingerprint density at radius 1 is 1.12 bits per heavy atom. The van der Waals surface area contributed by atoms with E-state index >= 15 is 0 Å². The molecule has 1 saturated heterocycles. The Bertz CT molecular complexity index is 774. The summed E-state index contributed by atoms with van der Waals surface area (Å²) in [5, 5.41) is 2.86. The second-order valence-corrected chi connectivity index (χ2v) is 6.03. The zero-order chi connectivity index (χ0) is 17.8. The summed E-state index contributed by atoms with van der Waals surface area (Å²) in [7, 11) is 1.63. The molecule has 1 amide bonds. The molecule has 0 spiro atoms. The standard InChI is InChI=1S/C19H21N3O3/c1-12(23)14-4-3-5-15(10-14)20-19(24)18-11-17(21-22-18)13-6-8-16(25-2)9-7-13/h3-10,17-18,21-22H,11H2,1-2H3,(H,20,24). The molecule has 1 fully saturated rings. The molecule has 130 valence electrons. The first-order valence-electron chi connectivity index (χ1n) is 8.13. The van der Waals surface area contributed by atoms with E-state index in [4.69, 9.17) is 4.74 Å². The molecule has 2 aromatic rings. The van der Waals surface area contributed by atoms with Crippen LogP contribution in [0.4, 0.5) is 5.69 Å². The molecule has 1 aliphatic rings. The number of hydrogen-bond acceptors (Lipinski definition) is 5. The van der Waals surface area contributed by atoms with E-state index in [0.717, 1.165) is 11.3 Å². The van der Waals surface area contributed by atoms with Gasteiger partial charge >= 0.3 is 0 Å². The quantitative estimate of drug-likeness (QED) is 0.729. The second kappa shape index (κ2) is 7.46. The number of ketones is 1. The average molecular weight is 339 g/mol. The highest BCUT2D eigenvalue weighted by molar-refractivity contribution is 5.98. The lowest BCUT2D eigenvalue weighted by atomic mass is 10.0. The molecule has 0 aromatic heterocycles. The van der Waals surface area contributed by atoms with Crippen LogP contribution in [0.25, 0.3) is 0 Å². The van der Waals surface area contributed by atoms with Gasteiger partial charge in [0.15, 0.2) is 5.78 Å². The third-order valence-corrected chi connectivity index (χ3v) is 4.27. The predicted molar refractivity (Wildman–Crippen MR) is 95.5 cm³/mol. The first-order chi connectivity index (χ1) is 12.1. The molecule has 0 saturated carbocycles. The van der Waals surface area contributed by atoms with Gasteiger partial charge in [0.2, 0.25) is 5.91 Å². The van der Waals surface area contributed by atoms with Crippen molar-refractivity contribution in [3.05, 3.63) is 59.7 Å². The van der Waals surface area contributed by atoms with E-state index in [0.29, 0.717) is 17.7 Å². The Morgan fingerprint density at radius 2 is 1.88 bits per heavy atom. The van der Waals surface area contributed by atoms with Crippen molar-refractivity contribution in [1.82, 2.24) is 10.9 Å². The number of carbonyl (C=O) groups is 2. The second-order valence-electron chi connectivity index (χ2n) is 6.03. The van der Waals surface area contributed by atoms with Crippen molar-refractivity contribution in [3.8, 4) is 5.75 Å². The van der Waals surface area contributed by atoms with Gasteiger partial charge in [-0.15, -0.1) is 0 Å². The largest absolute Gasteiger partial charge is 0.497 e. The van der Waals surface area contributed by atoms with E-state index in [9.17, 15) is 9.59 Å². The van der Waals surface area contributed by atoms with Gasteiger partial charge < -0.3 is 10.1 Å². The van der Waals surface area contributed by atoms with Crippen LogP contribution in [0.5, 0.6) is 5.75 Å². The van der Waals surface area contributed by atoms with Gasteiger partial charge in [-0.25, -0.2) is 10.9 Å².